The number of oxazole rings is 1. The van der Waals surface area contributed by atoms with E-state index in [1.165, 1.54) is 0 Å². The quantitative estimate of drug-likeness (QED) is 0.824. The molecule has 1 unspecified atom stereocenters. The third-order valence-electron chi connectivity index (χ3n) is 2.75. The molecule has 18 heavy (non-hydrogen) atoms. The van der Waals surface area contributed by atoms with Crippen LogP contribution in [0.15, 0.2) is 22.6 Å². The fourth-order valence-corrected chi connectivity index (χ4v) is 2.00. The Kier molecular flexibility index (Phi) is 3.87. The molecule has 98 valence electrons. The molecular weight excluding hydrogens is 228 g/mol. The number of nitrogens with two attached hydrogens (primary N) is 1. The molecule has 4 heteroatoms. The Bertz CT molecular complexity index is 519. The molecule has 0 aliphatic carbocycles. The monoisotopic (exact) mass is 248 g/mol. The van der Waals surface area contributed by atoms with Gasteiger partial charge < -0.3 is 14.9 Å². The summed E-state index contributed by atoms with van der Waals surface area (Å²) in [4.78, 5) is 4.36. The molecule has 0 amide bonds. The van der Waals surface area contributed by atoms with Crippen LogP contribution < -0.4 is 5.73 Å². The highest BCUT2D eigenvalue weighted by atomic mass is 16.5. The van der Waals surface area contributed by atoms with Crippen LogP contribution in [-0.2, 0) is 11.3 Å². The molecule has 2 rings (SSSR count). The molecular formula is C14H20N2O2. The molecule has 2 N–H and O–H groups in total. The first-order valence-electron chi connectivity index (χ1n) is 6.31. The van der Waals surface area contributed by atoms with Crippen molar-refractivity contribution in [1.29, 1.82) is 0 Å². The minimum atomic E-state index is 0.213. The second-order valence-electron chi connectivity index (χ2n) is 5.09. The first-order chi connectivity index (χ1) is 8.54. The van der Waals surface area contributed by atoms with E-state index in [2.05, 4.69) is 25.8 Å². The summed E-state index contributed by atoms with van der Waals surface area (Å²) in [5.41, 5.74) is 7.90. The molecule has 0 spiro atoms. The molecule has 0 aliphatic heterocycles. The van der Waals surface area contributed by atoms with Crippen molar-refractivity contribution in [2.45, 2.75) is 39.9 Å². The fourth-order valence-electron chi connectivity index (χ4n) is 2.00. The lowest BCUT2D eigenvalue weighted by Gasteiger charge is -2.13. The summed E-state index contributed by atoms with van der Waals surface area (Å²) in [7, 11) is 0. The zero-order chi connectivity index (χ0) is 13.1. The number of aromatic nitrogens is 1. The minimum absolute atomic E-state index is 0.213. The van der Waals surface area contributed by atoms with Gasteiger partial charge in [0.2, 0.25) is 5.89 Å². The number of fused-ring (bicyclic) bond motifs is 1. The van der Waals surface area contributed by atoms with E-state index in [0.29, 0.717) is 29.7 Å². The lowest BCUT2D eigenvalue weighted by Crippen LogP contribution is -2.11. The van der Waals surface area contributed by atoms with Gasteiger partial charge in [-0.05, 0) is 31.4 Å². The van der Waals surface area contributed by atoms with Crippen LogP contribution in [0.4, 0.5) is 5.69 Å². The summed E-state index contributed by atoms with van der Waals surface area (Å²) in [6.07, 6.45) is 1.25. The van der Waals surface area contributed by atoms with Crippen molar-refractivity contribution in [2.75, 3.05) is 5.73 Å². The molecule has 0 saturated carbocycles. The van der Waals surface area contributed by atoms with E-state index >= 15 is 0 Å². The molecule has 4 nitrogen and oxygen atoms in total. The van der Waals surface area contributed by atoms with Gasteiger partial charge in [0.1, 0.15) is 12.1 Å². The second kappa shape index (κ2) is 5.40. The van der Waals surface area contributed by atoms with Crippen molar-refractivity contribution in [3.63, 3.8) is 0 Å². The number of rotatable bonds is 5. The van der Waals surface area contributed by atoms with Crippen LogP contribution in [0.25, 0.3) is 11.1 Å². The Balaban J connectivity index is 1.99. The zero-order valence-electron chi connectivity index (χ0n) is 11.1. The number of hydrogen-bond acceptors (Lipinski definition) is 4. The molecule has 0 radical (unpaired) electrons. The van der Waals surface area contributed by atoms with Crippen molar-refractivity contribution in [3.8, 4) is 0 Å². The largest absolute Gasteiger partial charge is 0.438 e. The van der Waals surface area contributed by atoms with Crippen LogP contribution in [0.5, 0.6) is 0 Å². The average Bonchev–Trinajstić information content (AvgIpc) is 2.67. The third-order valence-corrected chi connectivity index (χ3v) is 2.75. The first-order valence-corrected chi connectivity index (χ1v) is 6.31. The summed E-state index contributed by atoms with van der Waals surface area (Å²) in [6.45, 7) is 6.84. The maximum Gasteiger partial charge on any atom is 0.221 e. The van der Waals surface area contributed by atoms with Gasteiger partial charge in [0.05, 0.1) is 6.10 Å². The summed E-state index contributed by atoms with van der Waals surface area (Å²) >= 11 is 0. The number of hydrogen-bond donors (Lipinski definition) is 1. The van der Waals surface area contributed by atoms with Gasteiger partial charge in [0.15, 0.2) is 5.58 Å². The second-order valence-corrected chi connectivity index (χ2v) is 5.09. The molecule has 2 aromatic rings. The Morgan fingerprint density at radius 1 is 1.33 bits per heavy atom. The van der Waals surface area contributed by atoms with Crippen LogP contribution in [-0.4, -0.2) is 11.1 Å². The van der Waals surface area contributed by atoms with Crippen LogP contribution in [0.3, 0.4) is 0 Å². The standard InChI is InChI=1S/C14H20N2O2/c1-9(2)6-10(3)17-8-14-16-12-5-4-11(15)7-13(12)18-14/h4-5,7,9-10H,6,8,15H2,1-3H3. The summed E-state index contributed by atoms with van der Waals surface area (Å²) < 4.78 is 11.3. The average molecular weight is 248 g/mol. The highest BCUT2D eigenvalue weighted by Gasteiger charge is 2.09. The molecule has 0 aliphatic rings. The van der Waals surface area contributed by atoms with Gasteiger partial charge in [0, 0.05) is 11.8 Å². The van der Waals surface area contributed by atoms with E-state index in [4.69, 9.17) is 14.9 Å². The van der Waals surface area contributed by atoms with Gasteiger partial charge in [-0.15, -0.1) is 0 Å². The highest BCUT2D eigenvalue weighted by molar-refractivity contribution is 5.76. The Hall–Kier alpha value is -1.55. The van der Waals surface area contributed by atoms with E-state index in [-0.39, 0.29) is 6.10 Å². The number of benzene rings is 1. The molecule has 0 fully saturated rings. The van der Waals surface area contributed by atoms with Crippen LogP contribution in [0, 0.1) is 5.92 Å². The van der Waals surface area contributed by atoms with Crippen molar-refractivity contribution >= 4 is 16.8 Å². The summed E-state index contributed by atoms with van der Waals surface area (Å²) in [5, 5.41) is 0. The molecule has 0 saturated heterocycles. The van der Waals surface area contributed by atoms with Crippen molar-refractivity contribution in [2.24, 2.45) is 5.92 Å². The van der Waals surface area contributed by atoms with E-state index in [1.807, 2.05) is 12.1 Å². The van der Waals surface area contributed by atoms with Gasteiger partial charge in [0.25, 0.3) is 0 Å². The lowest BCUT2D eigenvalue weighted by atomic mass is 10.1. The molecule has 0 bridgehead atoms. The van der Waals surface area contributed by atoms with Crippen LogP contribution in [0.2, 0.25) is 0 Å². The molecule has 1 heterocycles. The number of nitrogen functional groups attached to an aromatic ring is 1. The summed E-state index contributed by atoms with van der Waals surface area (Å²) in [5.74, 6) is 1.23. The Morgan fingerprint density at radius 3 is 2.83 bits per heavy atom. The first kappa shape index (κ1) is 12.9. The number of anilines is 1. The van der Waals surface area contributed by atoms with Gasteiger partial charge in [-0.25, -0.2) is 4.98 Å². The van der Waals surface area contributed by atoms with E-state index in [9.17, 15) is 0 Å². The molecule has 1 atom stereocenters. The highest BCUT2D eigenvalue weighted by Crippen LogP contribution is 2.19. The van der Waals surface area contributed by atoms with Crippen molar-refractivity contribution in [3.05, 3.63) is 24.1 Å². The van der Waals surface area contributed by atoms with Crippen LogP contribution >= 0.6 is 0 Å². The maximum atomic E-state index is 5.71. The van der Waals surface area contributed by atoms with Gasteiger partial charge in [-0.3, -0.25) is 0 Å². The lowest BCUT2D eigenvalue weighted by molar-refractivity contribution is 0.0286. The third kappa shape index (κ3) is 3.23. The fraction of sp³-hybridized carbons (Fsp3) is 0.500. The molecule has 1 aromatic carbocycles. The van der Waals surface area contributed by atoms with E-state index in [0.717, 1.165) is 11.9 Å². The van der Waals surface area contributed by atoms with E-state index < -0.39 is 0 Å². The Labute approximate surface area is 107 Å². The minimum Gasteiger partial charge on any atom is -0.438 e. The normalized spacial score (nSPS) is 13.3. The van der Waals surface area contributed by atoms with Crippen molar-refractivity contribution < 1.29 is 9.15 Å². The van der Waals surface area contributed by atoms with Crippen molar-refractivity contribution in [1.82, 2.24) is 4.98 Å². The predicted molar refractivity (Wildman–Crippen MR) is 72.1 cm³/mol. The predicted octanol–water partition coefficient (Wildman–Crippen LogP) is 3.36. The topological polar surface area (TPSA) is 61.3 Å². The maximum absolute atomic E-state index is 5.71. The number of nitrogens with zero attached hydrogens (tertiary/aromatic N) is 1. The summed E-state index contributed by atoms with van der Waals surface area (Å²) in [6, 6.07) is 5.45. The van der Waals surface area contributed by atoms with Gasteiger partial charge >= 0.3 is 0 Å². The number of ether oxygens (including phenoxy) is 1. The van der Waals surface area contributed by atoms with Gasteiger partial charge in [-0.2, -0.15) is 0 Å². The smallest absolute Gasteiger partial charge is 0.221 e. The van der Waals surface area contributed by atoms with Crippen LogP contribution in [0.1, 0.15) is 33.1 Å². The zero-order valence-corrected chi connectivity index (χ0v) is 11.1. The Morgan fingerprint density at radius 2 is 2.11 bits per heavy atom. The SMILES string of the molecule is CC(C)CC(C)OCc1nc2ccc(N)cc2o1. The van der Waals surface area contributed by atoms with E-state index in [1.54, 1.807) is 6.07 Å². The molecule has 1 aromatic heterocycles. The van der Waals surface area contributed by atoms with Gasteiger partial charge in [-0.1, -0.05) is 13.8 Å².